The van der Waals surface area contributed by atoms with Crippen LogP contribution in [0.25, 0.3) is 0 Å². The lowest BCUT2D eigenvalue weighted by Gasteiger charge is -2.26. The Kier molecular flexibility index (Phi) is 21.3. The molecule has 0 aliphatic heterocycles. The molecule has 0 fully saturated rings. The number of rotatable bonds is 22. The van der Waals surface area contributed by atoms with E-state index in [1.807, 2.05) is 0 Å². The number of aromatic amines is 1. The van der Waals surface area contributed by atoms with Crippen LogP contribution in [0.4, 0.5) is 0 Å². The quantitative estimate of drug-likeness (QED) is 0.0537. The van der Waals surface area contributed by atoms with Crippen molar-refractivity contribution in [1.29, 1.82) is 0 Å². The molecule has 0 bridgehead atoms. The molecule has 2 aromatic rings. The summed E-state index contributed by atoms with van der Waals surface area (Å²) in [4.78, 5) is 116. The number of carboxylic acids is 3. The number of aliphatic hydroxyl groups is 2. The Bertz CT molecular complexity index is 1700. The van der Waals surface area contributed by atoms with Crippen LogP contribution in [0.3, 0.4) is 0 Å². The summed E-state index contributed by atoms with van der Waals surface area (Å²) in [5.41, 5.74) is 7.01. The van der Waals surface area contributed by atoms with Gasteiger partial charge in [-0.3, -0.25) is 38.4 Å². The SMILES string of the molecule is CC(=O)O.C[C@H](NC(=O)[C@@H](N)Cc1cnc[nH]1)C(=O)N[C@@H](CCC(=O)O)C(=O)NCC(=O)N[C@H](C(=O)N[C@@H](Cc1ccccc1)C(=O)N[C@H](C(=O)O)[C@@H](C)O)[C@@H](C)O. The first-order valence-electron chi connectivity index (χ1n) is 17.7. The summed E-state index contributed by atoms with van der Waals surface area (Å²) < 4.78 is 0. The van der Waals surface area contributed by atoms with E-state index in [0.717, 1.165) is 20.8 Å². The predicted octanol–water partition coefficient (Wildman–Crippen LogP) is -4.12. The number of imidazole rings is 1. The number of nitrogens with zero attached hydrogens (tertiary/aromatic N) is 1. The molecule has 14 N–H and O–H groups in total. The Balaban J connectivity index is 0.00000400. The summed E-state index contributed by atoms with van der Waals surface area (Å²) in [5.74, 6) is -9.26. The molecule has 1 aromatic carbocycles. The van der Waals surface area contributed by atoms with E-state index in [2.05, 4.69) is 41.9 Å². The molecule has 23 nitrogen and oxygen atoms in total. The van der Waals surface area contributed by atoms with Gasteiger partial charge in [-0.1, -0.05) is 30.3 Å². The Morgan fingerprint density at radius 3 is 1.83 bits per heavy atom. The van der Waals surface area contributed by atoms with E-state index in [4.69, 9.17) is 20.7 Å². The summed E-state index contributed by atoms with van der Waals surface area (Å²) in [5, 5.41) is 59.8. The first-order valence-corrected chi connectivity index (χ1v) is 17.7. The van der Waals surface area contributed by atoms with Gasteiger partial charge in [0.15, 0.2) is 6.04 Å². The van der Waals surface area contributed by atoms with Crippen LogP contribution in [-0.4, -0.2) is 144 Å². The summed E-state index contributed by atoms with van der Waals surface area (Å²) in [7, 11) is 0. The highest BCUT2D eigenvalue weighted by Gasteiger charge is 2.33. The number of benzene rings is 1. The van der Waals surface area contributed by atoms with Crippen LogP contribution in [0.1, 0.15) is 51.8 Å². The van der Waals surface area contributed by atoms with Crippen molar-refractivity contribution in [3.05, 3.63) is 54.1 Å². The molecular weight excluding hydrogens is 770 g/mol. The number of carbonyl (C=O) groups is 9. The van der Waals surface area contributed by atoms with Crippen LogP contribution in [-0.2, 0) is 56.0 Å². The fourth-order valence-electron chi connectivity index (χ4n) is 4.83. The number of nitrogens with two attached hydrogens (primary N) is 1. The third-order valence-corrected chi connectivity index (χ3v) is 7.83. The van der Waals surface area contributed by atoms with Gasteiger partial charge in [-0.05, 0) is 32.8 Å². The zero-order valence-corrected chi connectivity index (χ0v) is 32.1. The number of nitrogens with one attached hydrogen (secondary N) is 7. The van der Waals surface area contributed by atoms with Gasteiger partial charge in [0, 0.05) is 38.1 Å². The number of aliphatic hydroxyl groups excluding tert-OH is 2. The zero-order valence-electron chi connectivity index (χ0n) is 32.1. The number of aromatic nitrogens is 2. The van der Waals surface area contributed by atoms with Gasteiger partial charge in [-0.25, -0.2) is 9.78 Å². The summed E-state index contributed by atoms with van der Waals surface area (Å²) in [6, 6.07) is -0.306. The van der Waals surface area contributed by atoms with Crippen LogP contribution in [0.5, 0.6) is 0 Å². The number of H-pyrrole nitrogens is 1. The van der Waals surface area contributed by atoms with Crippen LogP contribution in [0.2, 0.25) is 0 Å². The molecule has 0 aliphatic rings. The van der Waals surface area contributed by atoms with Crippen molar-refractivity contribution >= 4 is 53.4 Å². The molecule has 58 heavy (non-hydrogen) atoms. The minimum absolute atomic E-state index is 0.0875. The van der Waals surface area contributed by atoms with Gasteiger partial charge < -0.3 is 68.2 Å². The van der Waals surface area contributed by atoms with Gasteiger partial charge in [-0.15, -0.1) is 0 Å². The Morgan fingerprint density at radius 2 is 1.31 bits per heavy atom. The monoisotopic (exact) mass is 821 g/mol. The van der Waals surface area contributed by atoms with Crippen molar-refractivity contribution in [1.82, 2.24) is 41.9 Å². The molecule has 23 heteroatoms. The van der Waals surface area contributed by atoms with E-state index >= 15 is 0 Å². The van der Waals surface area contributed by atoms with Gasteiger partial charge >= 0.3 is 11.9 Å². The molecular formula is C35H51N9O14. The maximum atomic E-state index is 13.3. The first kappa shape index (κ1) is 49.6. The lowest BCUT2D eigenvalue weighted by Crippen LogP contribution is -2.60. The first-order chi connectivity index (χ1) is 27.1. The third kappa shape index (κ3) is 18.9. The van der Waals surface area contributed by atoms with Gasteiger partial charge in [-0.2, -0.15) is 0 Å². The van der Waals surface area contributed by atoms with Gasteiger partial charge in [0.05, 0.1) is 31.1 Å². The van der Waals surface area contributed by atoms with Crippen molar-refractivity contribution in [3.63, 3.8) is 0 Å². The standard InChI is InChI=1S/C33H47N9O12.C2H4O2/c1-16(38-29(49)21(34)12-20-13-35-15-37-20)28(48)39-22(9-10-25(46)47)30(50)36-14-24(45)41-26(17(2)43)32(52)40-23(11-19-7-5-4-6-8-19)31(51)42-27(18(3)44)33(53)54;1-2(3)4/h4-8,13,15-18,21-23,26-27,43-44H,9-12,14,34H2,1-3H3,(H,35,37)(H,36,50)(H,38,49)(H,39,48)(H,40,52)(H,41,45)(H,42,51)(H,46,47)(H,53,54);1H3,(H,3,4)/t16-,17+,18+,21-,22-,23-,26-,27-;/m0./s1. The molecule has 0 spiro atoms. The number of carbonyl (C=O) groups excluding carboxylic acids is 6. The molecule has 1 aromatic heterocycles. The molecule has 0 aliphatic carbocycles. The highest BCUT2D eigenvalue weighted by molar-refractivity contribution is 5.96. The lowest BCUT2D eigenvalue weighted by molar-refractivity contribution is -0.145. The molecule has 0 radical (unpaired) electrons. The largest absolute Gasteiger partial charge is 0.481 e. The third-order valence-electron chi connectivity index (χ3n) is 7.83. The zero-order chi connectivity index (χ0) is 44.1. The topological polar surface area (TPSA) is 382 Å². The van der Waals surface area contributed by atoms with Crippen molar-refractivity contribution in [2.24, 2.45) is 5.73 Å². The van der Waals surface area contributed by atoms with Crippen LogP contribution >= 0.6 is 0 Å². The minimum atomic E-state index is -1.72. The second-order valence-electron chi connectivity index (χ2n) is 12.9. The molecule has 0 saturated heterocycles. The Labute approximate surface area is 331 Å². The van der Waals surface area contributed by atoms with Crippen LogP contribution in [0, 0.1) is 0 Å². The molecule has 320 valence electrons. The highest BCUT2D eigenvalue weighted by atomic mass is 16.4. The van der Waals surface area contributed by atoms with E-state index in [9.17, 15) is 53.7 Å². The molecule has 6 amide bonds. The van der Waals surface area contributed by atoms with Crippen molar-refractivity contribution in [2.45, 2.75) is 102 Å². The molecule has 8 atom stereocenters. The molecule has 0 saturated carbocycles. The summed E-state index contributed by atoms with van der Waals surface area (Å²) in [6.07, 6.45) is -1.21. The van der Waals surface area contributed by atoms with Gasteiger partial charge in [0.2, 0.25) is 35.4 Å². The lowest BCUT2D eigenvalue weighted by atomic mass is 10.0. The molecule has 1 heterocycles. The molecule has 0 unspecified atom stereocenters. The Morgan fingerprint density at radius 1 is 0.724 bits per heavy atom. The number of aliphatic carboxylic acids is 3. The van der Waals surface area contributed by atoms with Gasteiger partial charge in [0.1, 0.15) is 24.2 Å². The number of amides is 6. The number of hydrogen-bond donors (Lipinski definition) is 13. The fraction of sp³-hybridized carbons (Fsp3) is 0.486. The summed E-state index contributed by atoms with van der Waals surface area (Å²) in [6.45, 7) is 3.88. The average Bonchev–Trinajstić information content (AvgIpc) is 3.65. The van der Waals surface area contributed by atoms with E-state index < -0.39 is 121 Å². The van der Waals surface area contributed by atoms with Crippen molar-refractivity contribution in [3.8, 4) is 0 Å². The van der Waals surface area contributed by atoms with Crippen molar-refractivity contribution in [2.75, 3.05) is 6.54 Å². The van der Waals surface area contributed by atoms with E-state index in [1.54, 1.807) is 30.3 Å². The smallest absolute Gasteiger partial charge is 0.328 e. The minimum Gasteiger partial charge on any atom is -0.481 e. The maximum Gasteiger partial charge on any atom is 0.328 e. The predicted molar refractivity (Wildman–Crippen MR) is 200 cm³/mol. The van der Waals surface area contributed by atoms with E-state index in [0.29, 0.717) is 11.3 Å². The van der Waals surface area contributed by atoms with Crippen molar-refractivity contribution < 1.29 is 68.7 Å². The second kappa shape index (κ2) is 24.9. The van der Waals surface area contributed by atoms with E-state index in [1.165, 1.54) is 19.4 Å². The Hall–Kier alpha value is -6.46. The highest BCUT2D eigenvalue weighted by Crippen LogP contribution is 2.07. The molecule has 2 rings (SSSR count). The number of carboxylic acid groups (broad SMARTS) is 3. The second-order valence-corrected chi connectivity index (χ2v) is 12.9. The fourth-order valence-corrected chi connectivity index (χ4v) is 4.83. The average molecular weight is 822 g/mol. The number of hydrogen-bond acceptors (Lipinski definition) is 13. The van der Waals surface area contributed by atoms with E-state index in [-0.39, 0.29) is 12.8 Å². The summed E-state index contributed by atoms with van der Waals surface area (Å²) >= 11 is 0. The van der Waals surface area contributed by atoms with Crippen LogP contribution in [0.15, 0.2) is 42.9 Å². The van der Waals surface area contributed by atoms with Crippen LogP contribution < -0.4 is 37.6 Å². The van der Waals surface area contributed by atoms with Gasteiger partial charge in [0.25, 0.3) is 5.97 Å². The normalized spacial score (nSPS) is 14.7. The maximum absolute atomic E-state index is 13.3.